The minimum absolute atomic E-state index is 0.0327. The molecule has 8 nitrogen and oxygen atoms in total. The molecule has 0 saturated carbocycles. The quantitative estimate of drug-likeness (QED) is 0.441. The Morgan fingerprint density at radius 3 is 2.59 bits per heavy atom. The van der Waals surface area contributed by atoms with Gasteiger partial charge in [0.1, 0.15) is 5.82 Å². The fourth-order valence-electron chi connectivity index (χ4n) is 3.45. The van der Waals surface area contributed by atoms with Gasteiger partial charge in [-0.2, -0.15) is 13.2 Å². The van der Waals surface area contributed by atoms with Crippen LogP contribution in [0.1, 0.15) is 11.1 Å². The van der Waals surface area contributed by atoms with Crippen molar-refractivity contribution in [1.82, 2.24) is 19.1 Å². The van der Waals surface area contributed by atoms with E-state index < -0.39 is 34.7 Å². The van der Waals surface area contributed by atoms with Crippen molar-refractivity contribution in [3.63, 3.8) is 0 Å². The minimum atomic E-state index is -4.86. The number of nitrogens with one attached hydrogen (secondary N) is 1. The van der Waals surface area contributed by atoms with Crippen molar-refractivity contribution < 1.29 is 22.4 Å². The second kappa shape index (κ2) is 8.48. The zero-order chi connectivity index (χ0) is 24.8. The Morgan fingerprint density at radius 1 is 1.15 bits per heavy atom. The van der Waals surface area contributed by atoms with Gasteiger partial charge < -0.3 is 5.32 Å². The zero-order valence-corrected chi connectivity index (χ0v) is 18.4. The van der Waals surface area contributed by atoms with Crippen molar-refractivity contribution in [1.29, 1.82) is 0 Å². The lowest BCUT2D eigenvalue weighted by molar-refractivity contribution is -0.139. The number of halogens is 4. The van der Waals surface area contributed by atoms with Crippen LogP contribution in [0.5, 0.6) is 0 Å². The third kappa shape index (κ3) is 4.09. The minimum Gasteiger partial charge on any atom is -0.302 e. The van der Waals surface area contributed by atoms with Crippen molar-refractivity contribution in [2.75, 3.05) is 5.32 Å². The largest absolute Gasteiger partial charge is 0.419 e. The molecular formula is C21H15F4N5O3S. The number of anilines is 1. The van der Waals surface area contributed by atoms with Gasteiger partial charge in [0.15, 0.2) is 5.13 Å². The fourth-order valence-corrected chi connectivity index (χ4v) is 4.18. The lowest BCUT2D eigenvalue weighted by Crippen LogP contribution is -2.37. The summed E-state index contributed by atoms with van der Waals surface area (Å²) in [5.41, 5.74) is -2.43. The number of hydrogen-bond donors (Lipinski definition) is 1. The Balaban J connectivity index is 1.61. The van der Waals surface area contributed by atoms with Crippen LogP contribution in [0.4, 0.5) is 22.7 Å². The summed E-state index contributed by atoms with van der Waals surface area (Å²) in [6, 6.07) is 2.86. The number of aromatic nitrogens is 4. The van der Waals surface area contributed by atoms with Gasteiger partial charge in [-0.3, -0.25) is 23.7 Å². The number of pyridine rings is 1. The van der Waals surface area contributed by atoms with E-state index in [0.717, 1.165) is 28.0 Å². The van der Waals surface area contributed by atoms with Crippen molar-refractivity contribution in [2.45, 2.75) is 12.6 Å². The van der Waals surface area contributed by atoms with Crippen molar-refractivity contribution in [2.24, 2.45) is 14.1 Å². The molecule has 0 aliphatic carbocycles. The lowest BCUT2D eigenvalue weighted by atomic mass is 10.1. The van der Waals surface area contributed by atoms with Crippen LogP contribution in [0.25, 0.3) is 22.2 Å². The molecule has 4 rings (SSSR count). The number of nitrogens with zero attached hydrogens (tertiary/aromatic N) is 4. The van der Waals surface area contributed by atoms with Gasteiger partial charge in [-0.15, -0.1) is 11.3 Å². The molecule has 0 saturated heterocycles. The van der Waals surface area contributed by atoms with Gasteiger partial charge in [0, 0.05) is 31.2 Å². The predicted octanol–water partition coefficient (Wildman–Crippen LogP) is 3.09. The van der Waals surface area contributed by atoms with Crippen LogP contribution in [-0.2, 0) is 31.5 Å². The number of amides is 1. The van der Waals surface area contributed by atoms with E-state index in [1.807, 2.05) is 0 Å². The standard InChI is InChI=1S/C21H15F4N5O3S/c1-29-14-8-26-7-10(16(14)18(32)30(2)20(29)33)6-15(31)28-19-27-13(9-34-19)11-4-3-5-12(17(11)22)21(23,24)25/h3-5,7-9H,6H2,1-2H3,(H,27,28,31). The first-order valence-electron chi connectivity index (χ1n) is 9.63. The summed E-state index contributed by atoms with van der Waals surface area (Å²) in [7, 11) is 2.79. The number of carbonyl (C=O) groups is 1. The molecule has 34 heavy (non-hydrogen) atoms. The maximum absolute atomic E-state index is 14.4. The number of hydrogen-bond acceptors (Lipinski definition) is 6. The molecule has 0 spiro atoms. The molecule has 1 N–H and O–H groups in total. The smallest absolute Gasteiger partial charge is 0.302 e. The Kier molecular flexibility index (Phi) is 5.81. The first kappa shape index (κ1) is 23.3. The van der Waals surface area contributed by atoms with E-state index in [4.69, 9.17) is 0 Å². The highest BCUT2D eigenvalue weighted by Gasteiger charge is 2.35. The number of rotatable bonds is 4. The van der Waals surface area contributed by atoms with Crippen LogP contribution in [-0.4, -0.2) is 25.0 Å². The van der Waals surface area contributed by atoms with Crippen molar-refractivity contribution in [3.8, 4) is 11.3 Å². The Morgan fingerprint density at radius 2 is 1.88 bits per heavy atom. The second-order valence-electron chi connectivity index (χ2n) is 7.33. The third-order valence-electron chi connectivity index (χ3n) is 5.14. The van der Waals surface area contributed by atoms with E-state index in [9.17, 15) is 31.9 Å². The first-order chi connectivity index (χ1) is 16.0. The average Bonchev–Trinajstić information content (AvgIpc) is 3.23. The van der Waals surface area contributed by atoms with Crippen LogP contribution in [0.2, 0.25) is 0 Å². The first-order valence-corrected chi connectivity index (χ1v) is 10.5. The van der Waals surface area contributed by atoms with Gasteiger partial charge in [0.2, 0.25) is 5.91 Å². The van der Waals surface area contributed by atoms with Crippen molar-refractivity contribution >= 4 is 33.3 Å². The Bertz CT molecular complexity index is 1560. The van der Waals surface area contributed by atoms with Gasteiger partial charge in [0.05, 0.1) is 34.8 Å². The van der Waals surface area contributed by atoms with Gasteiger partial charge in [-0.1, -0.05) is 6.07 Å². The third-order valence-corrected chi connectivity index (χ3v) is 5.90. The summed E-state index contributed by atoms with van der Waals surface area (Å²) in [5, 5.41) is 3.99. The maximum Gasteiger partial charge on any atom is 0.419 e. The molecule has 3 aromatic heterocycles. The molecule has 0 radical (unpaired) electrons. The molecule has 0 atom stereocenters. The highest BCUT2D eigenvalue weighted by molar-refractivity contribution is 7.14. The molecule has 1 amide bonds. The number of alkyl halides is 3. The summed E-state index contributed by atoms with van der Waals surface area (Å²) in [5.74, 6) is -2.04. The normalized spacial score (nSPS) is 11.7. The summed E-state index contributed by atoms with van der Waals surface area (Å²) in [4.78, 5) is 45.3. The van der Waals surface area contributed by atoms with Crippen LogP contribution < -0.4 is 16.6 Å². The van der Waals surface area contributed by atoms with Crippen LogP contribution in [0, 0.1) is 5.82 Å². The highest BCUT2D eigenvalue weighted by Crippen LogP contribution is 2.36. The van der Waals surface area contributed by atoms with Gasteiger partial charge in [-0.05, 0) is 17.7 Å². The lowest BCUT2D eigenvalue weighted by Gasteiger charge is -2.10. The molecule has 0 aliphatic rings. The fraction of sp³-hybridized carbons (Fsp3) is 0.190. The van der Waals surface area contributed by atoms with Gasteiger partial charge >= 0.3 is 11.9 Å². The van der Waals surface area contributed by atoms with Crippen LogP contribution in [0.15, 0.2) is 45.6 Å². The molecule has 3 heterocycles. The monoisotopic (exact) mass is 493 g/mol. The number of carbonyl (C=O) groups excluding carboxylic acids is 1. The Hall–Kier alpha value is -3.87. The SMILES string of the molecule is Cn1c(=O)c2c(CC(=O)Nc3nc(-c4cccc(C(F)(F)F)c4F)cs3)cncc2n(C)c1=O. The summed E-state index contributed by atoms with van der Waals surface area (Å²) >= 11 is 0.901. The molecule has 0 aliphatic heterocycles. The summed E-state index contributed by atoms with van der Waals surface area (Å²) < 4.78 is 55.5. The number of fused-ring (bicyclic) bond motifs is 1. The molecule has 4 aromatic rings. The van der Waals surface area contributed by atoms with E-state index in [1.54, 1.807) is 0 Å². The highest BCUT2D eigenvalue weighted by atomic mass is 32.1. The van der Waals surface area contributed by atoms with E-state index in [2.05, 4.69) is 15.3 Å². The number of benzene rings is 1. The Labute approximate surface area is 192 Å². The number of aryl methyl sites for hydroxylation is 1. The molecule has 0 bridgehead atoms. The molecule has 0 unspecified atom stereocenters. The zero-order valence-electron chi connectivity index (χ0n) is 17.6. The van der Waals surface area contributed by atoms with Crippen molar-refractivity contribution in [3.05, 3.63) is 73.8 Å². The van der Waals surface area contributed by atoms with E-state index in [0.29, 0.717) is 6.07 Å². The predicted molar refractivity (Wildman–Crippen MR) is 117 cm³/mol. The summed E-state index contributed by atoms with van der Waals surface area (Å²) in [6.07, 6.45) is -2.47. The molecular weight excluding hydrogens is 478 g/mol. The van der Waals surface area contributed by atoms with Gasteiger partial charge in [0.25, 0.3) is 5.56 Å². The molecule has 176 valence electrons. The second-order valence-corrected chi connectivity index (χ2v) is 8.18. The topological polar surface area (TPSA) is 98.9 Å². The summed E-state index contributed by atoms with van der Waals surface area (Å²) in [6.45, 7) is 0. The maximum atomic E-state index is 14.4. The molecule has 0 fully saturated rings. The van der Waals surface area contributed by atoms with Crippen LogP contribution >= 0.6 is 11.3 Å². The average molecular weight is 493 g/mol. The number of thiazole rings is 1. The molecule has 13 heteroatoms. The van der Waals surface area contributed by atoms with E-state index in [1.165, 1.54) is 36.4 Å². The van der Waals surface area contributed by atoms with E-state index >= 15 is 0 Å². The van der Waals surface area contributed by atoms with Gasteiger partial charge in [-0.25, -0.2) is 14.2 Å². The molecule has 1 aromatic carbocycles. The van der Waals surface area contributed by atoms with Crippen LogP contribution in [0.3, 0.4) is 0 Å². The van der Waals surface area contributed by atoms with E-state index in [-0.39, 0.29) is 39.3 Å².